The predicted molar refractivity (Wildman–Crippen MR) is 65.2 cm³/mol. The van der Waals surface area contributed by atoms with E-state index < -0.39 is 0 Å². The van der Waals surface area contributed by atoms with Gasteiger partial charge in [-0.05, 0) is 25.5 Å². The van der Waals surface area contributed by atoms with Crippen LogP contribution in [-0.2, 0) is 6.54 Å². The van der Waals surface area contributed by atoms with Gasteiger partial charge in [0.05, 0.1) is 5.02 Å². The van der Waals surface area contributed by atoms with Crippen LogP contribution in [0.25, 0.3) is 10.9 Å². The number of aromatic nitrogens is 1. The summed E-state index contributed by atoms with van der Waals surface area (Å²) in [7, 11) is 0. The lowest BCUT2D eigenvalue weighted by atomic mass is 10.2. The molecular formula is C12H15ClN2. The highest BCUT2D eigenvalue weighted by Gasteiger charge is 2.04. The summed E-state index contributed by atoms with van der Waals surface area (Å²) in [5, 5.41) is 1.96. The molecule has 2 aromatic rings. The van der Waals surface area contributed by atoms with Crippen molar-refractivity contribution in [1.82, 2.24) is 4.57 Å². The van der Waals surface area contributed by atoms with Crippen molar-refractivity contribution in [3.05, 3.63) is 35.5 Å². The number of hydrogen-bond donors (Lipinski definition) is 1. The zero-order chi connectivity index (χ0) is 10.7. The Morgan fingerprint density at radius 3 is 2.80 bits per heavy atom. The van der Waals surface area contributed by atoms with Crippen molar-refractivity contribution in [1.29, 1.82) is 0 Å². The molecule has 80 valence electrons. The van der Waals surface area contributed by atoms with Crippen molar-refractivity contribution >= 4 is 22.5 Å². The van der Waals surface area contributed by atoms with Crippen LogP contribution in [0.4, 0.5) is 0 Å². The van der Waals surface area contributed by atoms with Crippen LogP contribution < -0.4 is 5.73 Å². The molecule has 0 aliphatic carbocycles. The van der Waals surface area contributed by atoms with Crippen molar-refractivity contribution in [2.24, 2.45) is 5.73 Å². The number of nitrogens with zero attached hydrogens (tertiary/aromatic N) is 1. The van der Waals surface area contributed by atoms with Crippen molar-refractivity contribution in [2.75, 3.05) is 6.54 Å². The number of benzene rings is 1. The molecule has 0 aliphatic rings. The summed E-state index contributed by atoms with van der Waals surface area (Å²) in [5.41, 5.74) is 6.68. The van der Waals surface area contributed by atoms with Crippen LogP contribution >= 0.6 is 11.6 Å². The van der Waals surface area contributed by atoms with Crippen molar-refractivity contribution in [2.45, 2.75) is 19.4 Å². The van der Waals surface area contributed by atoms with Crippen LogP contribution in [0.1, 0.15) is 12.8 Å². The lowest BCUT2D eigenvalue weighted by molar-refractivity contribution is 0.630. The molecule has 0 fully saturated rings. The maximum absolute atomic E-state index is 6.15. The first kappa shape index (κ1) is 10.5. The summed E-state index contributed by atoms with van der Waals surface area (Å²) >= 11 is 6.15. The Morgan fingerprint density at radius 2 is 2.00 bits per heavy atom. The van der Waals surface area contributed by atoms with E-state index in [2.05, 4.69) is 16.7 Å². The summed E-state index contributed by atoms with van der Waals surface area (Å²) in [6.07, 6.45) is 4.17. The number of halogens is 1. The number of rotatable bonds is 4. The highest BCUT2D eigenvalue weighted by atomic mass is 35.5. The summed E-state index contributed by atoms with van der Waals surface area (Å²) in [6.45, 7) is 1.75. The second-order valence-electron chi connectivity index (χ2n) is 3.68. The van der Waals surface area contributed by atoms with E-state index in [1.807, 2.05) is 18.3 Å². The first-order valence-corrected chi connectivity index (χ1v) is 5.64. The van der Waals surface area contributed by atoms with Crippen LogP contribution in [0.3, 0.4) is 0 Å². The van der Waals surface area contributed by atoms with E-state index in [9.17, 15) is 0 Å². The van der Waals surface area contributed by atoms with Crippen molar-refractivity contribution in [3.8, 4) is 0 Å². The van der Waals surface area contributed by atoms with Crippen LogP contribution in [0, 0.1) is 0 Å². The van der Waals surface area contributed by atoms with E-state index >= 15 is 0 Å². The maximum Gasteiger partial charge on any atom is 0.0661 e. The van der Waals surface area contributed by atoms with E-state index in [1.165, 1.54) is 5.52 Å². The molecule has 0 atom stereocenters. The van der Waals surface area contributed by atoms with E-state index in [1.54, 1.807) is 0 Å². The van der Waals surface area contributed by atoms with Gasteiger partial charge in [0.1, 0.15) is 0 Å². The quantitative estimate of drug-likeness (QED) is 0.793. The molecule has 0 unspecified atom stereocenters. The lowest BCUT2D eigenvalue weighted by Gasteiger charge is -2.03. The molecule has 2 N–H and O–H groups in total. The summed E-state index contributed by atoms with van der Waals surface area (Å²) in [6, 6.07) is 8.21. The highest BCUT2D eigenvalue weighted by molar-refractivity contribution is 6.35. The highest BCUT2D eigenvalue weighted by Crippen LogP contribution is 2.25. The molecular weight excluding hydrogens is 208 g/mol. The van der Waals surface area contributed by atoms with Crippen molar-refractivity contribution in [3.63, 3.8) is 0 Å². The Balaban J connectivity index is 2.27. The minimum Gasteiger partial charge on any atom is -0.346 e. The molecule has 0 bridgehead atoms. The maximum atomic E-state index is 6.15. The third kappa shape index (κ3) is 2.16. The summed E-state index contributed by atoms with van der Waals surface area (Å²) in [4.78, 5) is 0. The average Bonchev–Trinajstić information content (AvgIpc) is 2.58. The number of fused-ring (bicyclic) bond motifs is 1. The molecule has 2 nitrogen and oxygen atoms in total. The standard InChI is InChI=1S/C12H15ClN2/c13-11-9-15(8-4-3-7-14)12-6-2-1-5-10(11)12/h1-2,5-6,9H,3-4,7-8,14H2. The van der Waals surface area contributed by atoms with Gasteiger partial charge in [0.15, 0.2) is 0 Å². The summed E-state index contributed by atoms with van der Waals surface area (Å²) in [5.74, 6) is 0. The molecule has 15 heavy (non-hydrogen) atoms. The zero-order valence-electron chi connectivity index (χ0n) is 8.62. The number of aryl methyl sites for hydroxylation is 1. The normalized spacial score (nSPS) is 11.1. The topological polar surface area (TPSA) is 30.9 Å². The number of nitrogens with two attached hydrogens (primary N) is 1. The Hall–Kier alpha value is -0.990. The fraction of sp³-hybridized carbons (Fsp3) is 0.333. The Labute approximate surface area is 94.6 Å². The number of para-hydroxylation sites is 1. The third-order valence-electron chi connectivity index (χ3n) is 2.59. The van der Waals surface area contributed by atoms with E-state index in [4.69, 9.17) is 17.3 Å². The lowest BCUT2D eigenvalue weighted by Crippen LogP contribution is -2.02. The zero-order valence-corrected chi connectivity index (χ0v) is 9.37. The first-order chi connectivity index (χ1) is 7.33. The van der Waals surface area contributed by atoms with E-state index in [0.29, 0.717) is 0 Å². The SMILES string of the molecule is NCCCCn1cc(Cl)c2ccccc21. The smallest absolute Gasteiger partial charge is 0.0661 e. The molecule has 0 amide bonds. The first-order valence-electron chi connectivity index (χ1n) is 5.26. The molecule has 2 rings (SSSR count). The van der Waals surface area contributed by atoms with Gasteiger partial charge in [-0.1, -0.05) is 29.8 Å². The van der Waals surface area contributed by atoms with Crippen LogP contribution in [0.5, 0.6) is 0 Å². The Morgan fingerprint density at radius 1 is 1.20 bits per heavy atom. The third-order valence-corrected chi connectivity index (χ3v) is 2.89. The van der Waals surface area contributed by atoms with Gasteiger partial charge in [-0.2, -0.15) is 0 Å². The van der Waals surface area contributed by atoms with E-state index in [-0.39, 0.29) is 0 Å². The fourth-order valence-electron chi connectivity index (χ4n) is 1.81. The second kappa shape index (κ2) is 4.69. The molecule has 1 aromatic carbocycles. The van der Waals surface area contributed by atoms with Gasteiger partial charge < -0.3 is 10.3 Å². The molecule has 0 saturated carbocycles. The molecule has 0 saturated heterocycles. The minimum absolute atomic E-state index is 0.757. The monoisotopic (exact) mass is 222 g/mol. The number of unbranched alkanes of at least 4 members (excludes halogenated alkanes) is 1. The van der Waals surface area contributed by atoms with Gasteiger partial charge in [0, 0.05) is 23.6 Å². The fourth-order valence-corrected chi connectivity index (χ4v) is 2.09. The molecule has 1 aromatic heterocycles. The van der Waals surface area contributed by atoms with Gasteiger partial charge in [-0.25, -0.2) is 0 Å². The second-order valence-corrected chi connectivity index (χ2v) is 4.09. The molecule has 0 radical (unpaired) electrons. The minimum atomic E-state index is 0.757. The number of hydrogen-bond acceptors (Lipinski definition) is 1. The largest absolute Gasteiger partial charge is 0.346 e. The van der Waals surface area contributed by atoms with Gasteiger partial charge in [0.25, 0.3) is 0 Å². The Bertz CT molecular complexity index is 448. The Kier molecular flexibility index (Phi) is 3.29. The van der Waals surface area contributed by atoms with Gasteiger partial charge in [-0.3, -0.25) is 0 Å². The van der Waals surface area contributed by atoms with E-state index in [0.717, 1.165) is 36.3 Å². The summed E-state index contributed by atoms with van der Waals surface area (Å²) < 4.78 is 2.20. The van der Waals surface area contributed by atoms with Gasteiger partial charge in [-0.15, -0.1) is 0 Å². The van der Waals surface area contributed by atoms with Crippen molar-refractivity contribution < 1.29 is 0 Å². The van der Waals surface area contributed by atoms with Gasteiger partial charge >= 0.3 is 0 Å². The predicted octanol–water partition coefficient (Wildman–Crippen LogP) is 3.03. The van der Waals surface area contributed by atoms with Crippen LogP contribution in [-0.4, -0.2) is 11.1 Å². The van der Waals surface area contributed by atoms with Crippen LogP contribution in [0.2, 0.25) is 5.02 Å². The average molecular weight is 223 g/mol. The van der Waals surface area contributed by atoms with Gasteiger partial charge in [0.2, 0.25) is 0 Å². The molecule has 3 heteroatoms. The molecule has 0 aliphatic heterocycles. The molecule has 0 spiro atoms. The van der Waals surface area contributed by atoms with Crippen LogP contribution in [0.15, 0.2) is 30.5 Å². The molecule has 1 heterocycles.